The van der Waals surface area contributed by atoms with Crippen LogP contribution in [-0.4, -0.2) is 25.8 Å². The van der Waals surface area contributed by atoms with Crippen molar-refractivity contribution in [3.8, 4) is 5.69 Å². The molecule has 0 saturated carbocycles. The summed E-state index contributed by atoms with van der Waals surface area (Å²) in [7, 11) is 0. The minimum absolute atomic E-state index is 0.153. The van der Waals surface area contributed by atoms with Crippen LogP contribution in [0.5, 0.6) is 0 Å². The number of aryl methyl sites for hydroxylation is 1. The highest BCUT2D eigenvalue weighted by Crippen LogP contribution is 2.37. The normalized spacial score (nSPS) is 12.9. The maximum Gasteiger partial charge on any atom is 0.306 e. The summed E-state index contributed by atoms with van der Waals surface area (Å²) in [6.45, 7) is 7.68. The van der Waals surface area contributed by atoms with E-state index in [-0.39, 0.29) is 11.7 Å². The highest BCUT2D eigenvalue weighted by molar-refractivity contribution is 5.99. The molecule has 0 radical (unpaired) electrons. The molecule has 2 heterocycles. The molecule has 1 atom stereocenters. The van der Waals surface area contributed by atoms with Crippen LogP contribution in [0.3, 0.4) is 0 Å². The Bertz CT molecular complexity index is 1240. The van der Waals surface area contributed by atoms with Crippen LogP contribution < -0.4 is 0 Å². The van der Waals surface area contributed by atoms with Crippen LogP contribution in [0, 0.1) is 18.7 Å². The van der Waals surface area contributed by atoms with Gasteiger partial charge in [0.25, 0.3) is 0 Å². The molecule has 5 nitrogen and oxygen atoms in total. The predicted octanol–water partition coefficient (Wildman–Crippen LogP) is 5.34. The Morgan fingerprint density at radius 2 is 2.00 bits per heavy atom. The Morgan fingerprint density at radius 3 is 2.66 bits per heavy atom. The standard InChI is InChI=1S/C23H24FN3O2/c1-12(2)22-18(8-14(4)23(28)29)17-10-20-15(11-25-26-20)9-21(17)27(22)16-5-6-19(24)13(3)7-16/h5-7,9-12,14H,8H2,1-4H3,(H,25,26)(H,28,29). The number of hydrogen-bond donors (Lipinski definition) is 2. The number of halogens is 1. The highest BCUT2D eigenvalue weighted by atomic mass is 19.1. The smallest absolute Gasteiger partial charge is 0.306 e. The van der Waals surface area contributed by atoms with Gasteiger partial charge in [-0.2, -0.15) is 5.10 Å². The zero-order chi connectivity index (χ0) is 20.9. The monoisotopic (exact) mass is 393 g/mol. The lowest BCUT2D eigenvalue weighted by Gasteiger charge is -2.17. The Kier molecular flexibility index (Phi) is 4.65. The van der Waals surface area contributed by atoms with Crippen molar-refractivity contribution in [1.82, 2.24) is 14.8 Å². The molecule has 0 aliphatic carbocycles. The van der Waals surface area contributed by atoms with Crippen LogP contribution in [0.15, 0.2) is 36.5 Å². The largest absolute Gasteiger partial charge is 0.481 e. The summed E-state index contributed by atoms with van der Waals surface area (Å²) in [6, 6.07) is 9.20. The van der Waals surface area contributed by atoms with Crippen LogP contribution in [0.4, 0.5) is 4.39 Å². The maximum absolute atomic E-state index is 13.9. The first kappa shape index (κ1) is 19.2. The molecular formula is C23H24FN3O2. The van der Waals surface area contributed by atoms with Gasteiger partial charge >= 0.3 is 5.97 Å². The van der Waals surface area contributed by atoms with Gasteiger partial charge in [-0.3, -0.25) is 9.89 Å². The van der Waals surface area contributed by atoms with E-state index in [0.717, 1.165) is 38.8 Å². The minimum atomic E-state index is -0.819. The molecule has 0 saturated heterocycles. The Balaban J connectivity index is 2.10. The molecule has 2 aromatic carbocycles. The van der Waals surface area contributed by atoms with Crippen LogP contribution in [-0.2, 0) is 11.2 Å². The lowest BCUT2D eigenvalue weighted by Crippen LogP contribution is -2.14. The molecule has 0 amide bonds. The summed E-state index contributed by atoms with van der Waals surface area (Å²) in [4.78, 5) is 11.6. The minimum Gasteiger partial charge on any atom is -0.481 e. The molecule has 150 valence electrons. The third-order valence-corrected chi connectivity index (χ3v) is 5.55. The number of rotatable bonds is 5. The quantitative estimate of drug-likeness (QED) is 0.481. The van der Waals surface area contributed by atoms with Gasteiger partial charge < -0.3 is 9.67 Å². The van der Waals surface area contributed by atoms with Gasteiger partial charge in [0.2, 0.25) is 0 Å². The van der Waals surface area contributed by atoms with Crippen LogP contribution in [0.1, 0.15) is 43.5 Å². The predicted molar refractivity (Wildman–Crippen MR) is 112 cm³/mol. The summed E-state index contributed by atoms with van der Waals surface area (Å²) in [5, 5.41) is 18.6. The average Bonchev–Trinajstić information content (AvgIpc) is 3.24. The van der Waals surface area contributed by atoms with E-state index in [2.05, 4.69) is 34.7 Å². The fourth-order valence-electron chi connectivity index (χ4n) is 4.07. The van der Waals surface area contributed by atoms with Gasteiger partial charge in [0, 0.05) is 22.2 Å². The molecule has 0 fully saturated rings. The van der Waals surface area contributed by atoms with Crippen molar-refractivity contribution in [3.05, 3.63) is 59.2 Å². The number of hydrogen-bond acceptors (Lipinski definition) is 2. The molecule has 4 aromatic rings. The number of nitrogens with zero attached hydrogens (tertiary/aromatic N) is 2. The first-order chi connectivity index (χ1) is 13.8. The zero-order valence-corrected chi connectivity index (χ0v) is 17.0. The first-order valence-corrected chi connectivity index (χ1v) is 9.77. The van der Waals surface area contributed by atoms with E-state index in [9.17, 15) is 14.3 Å². The third-order valence-electron chi connectivity index (χ3n) is 5.55. The SMILES string of the molecule is Cc1cc(-n2c(C(C)C)c(CC(C)C(=O)O)c3cc4[nH]ncc4cc32)ccc1F. The van der Waals surface area contributed by atoms with E-state index < -0.39 is 11.9 Å². The number of H-pyrrole nitrogens is 1. The Morgan fingerprint density at radius 1 is 1.24 bits per heavy atom. The van der Waals surface area contributed by atoms with Crippen LogP contribution in [0.2, 0.25) is 0 Å². The number of nitrogens with one attached hydrogen (secondary N) is 1. The first-order valence-electron chi connectivity index (χ1n) is 9.77. The molecule has 0 spiro atoms. The van der Waals surface area contributed by atoms with Crippen molar-refractivity contribution in [2.24, 2.45) is 5.92 Å². The van der Waals surface area contributed by atoms with E-state index >= 15 is 0 Å². The fraction of sp³-hybridized carbons (Fsp3) is 0.304. The molecule has 6 heteroatoms. The van der Waals surface area contributed by atoms with Gasteiger partial charge in [-0.15, -0.1) is 0 Å². The second kappa shape index (κ2) is 7.03. The number of benzene rings is 2. The summed E-state index contributed by atoms with van der Waals surface area (Å²) in [5.74, 6) is -1.42. The van der Waals surface area contributed by atoms with Gasteiger partial charge in [-0.1, -0.05) is 20.8 Å². The number of aromatic amines is 1. The van der Waals surface area contributed by atoms with E-state index in [1.807, 2.05) is 12.1 Å². The van der Waals surface area contributed by atoms with Gasteiger partial charge in [-0.05, 0) is 60.7 Å². The van der Waals surface area contributed by atoms with Gasteiger partial charge in [0.05, 0.1) is 23.1 Å². The Hall–Kier alpha value is -3.15. The summed E-state index contributed by atoms with van der Waals surface area (Å²) in [5.41, 5.74) is 5.40. The molecule has 2 N–H and O–H groups in total. The van der Waals surface area contributed by atoms with Gasteiger partial charge in [0.15, 0.2) is 0 Å². The second-order valence-electron chi connectivity index (χ2n) is 8.06. The van der Waals surface area contributed by atoms with E-state index in [4.69, 9.17) is 0 Å². The zero-order valence-electron chi connectivity index (χ0n) is 17.0. The molecule has 1 unspecified atom stereocenters. The topological polar surface area (TPSA) is 70.9 Å². The number of fused-ring (bicyclic) bond motifs is 2. The van der Waals surface area contributed by atoms with E-state index in [1.165, 1.54) is 6.07 Å². The molecular weight excluding hydrogens is 369 g/mol. The van der Waals surface area contributed by atoms with Crippen molar-refractivity contribution in [2.75, 3.05) is 0 Å². The lowest BCUT2D eigenvalue weighted by atomic mass is 9.94. The molecule has 4 rings (SSSR count). The highest BCUT2D eigenvalue weighted by Gasteiger charge is 2.25. The van der Waals surface area contributed by atoms with E-state index in [0.29, 0.717) is 12.0 Å². The van der Waals surface area contributed by atoms with Crippen molar-refractivity contribution in [2.45, 2.75) is 40.0 Å². The number of carbonyl (C=O) groups is 1. The second-order valence-corrected chi connectivity index (χ2v) is 8.06. The molecule has 29 heavy (non-hydrogen) atoms. The van der Waals surface area contributed by atoms with Gasteiger partial charge in [-0.25, -0.2) is 4.39 Å². The molecule has 0 aliphatic heterocycles. The maximum atomic E-state index is 13.9. The van der Waals surface area contributed by atoms with Crippen LogP contribution >= 0.6 is 0 Å². The fourth-order valence-corrected chi connectivity index (χ4v) is 4.07. The number of carboxylic acids is 1. The Labute approximate surface area is 168 Å². The third kappa shape index (κ3) is 3.18. The van der Waals surface area contributed by atoms with Crippen molar-refractivity contribution in [1.29, 1.82) is 0 Å². The number of aliphatic carboxylic acids is 1. The number of carboxylic acid groups (broad SMARTS) is 1. The van der Waals surface area contributed by atoms with Crippen LogP contribution in [0.25, 0.3) is 27.5 Å². The van der Waals surface area contributed by atoms with Gasteiger partial charge in [0.1, 0.15) is 5.82 Å². The molecule has 2 aromatic heterocycles. The van der Waals surface area contributed by atoms with Crippen molar-refractivity contribution < 1.29 is 14.3 Å². The number of aromatic nitrogens is 3. The van der Waals surface area contributed by atoms with E-state index in [1.54, 1.807) is 26.1 Å². The van der Waals surface area contributed by atoms with Crippen molar-refractivity contribution >= 4 is 27.8 Å². The average molecular weight is 393 g/mol. The summed E-state index contributed by atoms with van der Waals surface area (Å²) < 4.78 is 16.1. The summed E-state index contributed by atoms with van der Waals surface area (Å²) in [6.07, 6.45) is 2.20. The molecule has 0 aliphatic rings. The van der Waals surface area contributed by atoms with Crippen molar-refractivity contribution in [3.63, 3.8) is 0 Å². The lowest BCUT2D eigenvalue weighted by molar-refractivity contribution is -0.141. The summed E-state index contributed by atoms with van der Waals surface area (Å²) >= 11 is 0. The molecule has 0 bridgehead atoms.